The van der Waals surface area contributed by atoms with Crippen LogP contribution in [0.4, 0.5) is 21.6 Å². The molecule has 2 heterocycles. The number of carbonyl (C=O) groups excluding carboxylic acids is 4. The topological polar surface area (TPSA) is 168 Å². The molecule has 1 fully saturated rings. The maximum atomic E-state index is 12.6. The fourth-order valence-electron chi connectivity index (χ4n) is 5.05. The third-order valence-electron chi connectivity index (χ3n) is 7.02. The van der Waals surface area contributed by atoms with Gasteiger partial charge in [-0.25, -0.2) is 0 Å². The molecule has 1 aliphatic carbocycles. The van der Waals surface area contributed by atoms with Gasteiger partial charge in [0, 0.05) is 37.1 Å². The van der Waals surface area contributed by atoms with Gasteiger partial charge >= 0.3 is 0 Å². The van der Waals surface area contributed by atoms with Gasteiger partial charge in [-0.05, 0) is 54.7 Å². The van der Waals surface area contributed by atoms with Crippen molar-refractivity contribution in [1.82, 2.24) is 20.4 Å². The third-order valence-corrected chi connectivity index (χ3v) is 9.03. The summed E-state index contributed by atoms with van der Waals surface area (Å²) in [4.78, 5) is 47.6. The highest BCUT2D eigenvalue weighted by atomic mass is 32.1. The van der Waals surface area contributed by atoms with Crippen molar-refractivity contribution in [3.05, 3.63) is 69.7 Å². The number of rotatable bonds is 10. The third kappa shape index (κ3) is 8.74. The summed E-state index contributed by atoms with van der Waals surface area (Å²) in [6, 6.07) is 14.3. The molecule has 0 unspecified atom stereocenters. The summed E-state index contributed by atoms with van der Waals surface area (Å²) in [5.74, 6) is -0.283. The van der Waals surface area contributed by atoms with Gasteiger partial charge in [-0.3, -0.25) is 19.2 Å². The molecule has 14 heteroatoms. The van der Waals surface area contributed by atoms with Crippen LogP contribution in [0.25, 0.3) is 0 Å². The molecule has 5 rings (SSSR count). The summed E-state index contributed by atoms with van der Waals surface area (Å²) in [7, 11) is 0. The van der Waals surface area contributed by atoms with Crippen LogP contribution in [0.3, 0.4) is 0 Å². The molecule has 44 heavy (non-hydrogen) atoms. The van der Waals surface area contributed by atoms with E-state index in [0.717, 1.165) is 46.8 Å². The highest BCUT2D eigenvalue weighted by molar-refractivity contribution is 7.15. The second-order valence-corrected chi connectivity index (χ2v) is 12.7. The van der Waals surface area contributed by atoms with Crippen molar-refractivity contribution in [3.63, 3.8) is 0 Å². The zero-order valence-electron chi connectivity index (χ0n) is 24.3. The first-order valence-electron chi connectivity index (χ1n) is 14.2. The quantitative estimate of drug-likeness (QED) is 0.187. The lowest BCUT2D eigenvalue weighted by molar-refractivity contribution is -0.116. The van der Waals surface area contributed by atoms with Crippen molar-refractivity contribution in [2.24, 2.45) is 0 Å². The molecule has 0 radical (unpaired) electrons. The van der Waals surface area contributed by atoms with Gasteiger partial charge < -0.3 is 21.3 Å². The molecule has 2 atom stereocenters. The fourth-order valence-corrected chi connectivity index (χ4v) is 6.87. The molecule has 0 aliphatic heterocycles. The van der Waals surface area contributed by atoms with Gasteiger partial charge in [0.25, 0.3) is 0 Å². The van der Waals surface area contributed by atoms with Crippen LogP contribution in [-0.4, -0.2) is 44.0 Å². The Kier molecular flexibility index (Phi) is 10.0. The lowest BCUT2D eigenvalue weighted by Crippen LogP contribution is -2.14. The van der Waals surface area contributed by atoms with Gasteiger partial charge in [-0.1, -0.05) is 53.4 Å². The zero-order valence-corrected chi connectivity index (χ0v) is 25.9. The Morgan fingerprint density at radius 2 is 1.05 bits per heavy atom. The maximum Gasteiger partial charge on any atom is 0.230 e. The summed E-state index contributed by atoms with van der Waals surface area (Å²) in [5.41, 5.74) is 3.00. The zero-order chi connectivity index (χ0) is 31.1. The second kappa shape index (κ2) is 14.3. The van der Waals surface area contributed by atoms with Crippen molar-refractivity contribution in [1.29, 1.82) is 0 Å². The minimum absolute atomic E-state index is 0.149. The van der Waals surface area contributed by atoms with E-state index in [1.165, 1.54) is 36.5 Å². The van der Waals surface area contributed by atoms with Crippen LogP contribution in [-0.2, 0) is 32.0 Å². The van der Waals surface area contributed by atoms with E-state index in [1.54, 1.807) is 48.5 Å². The van der Waals surface area contributed by atoms with Gasteiger partial charge in [-0.15, -0.1) is 20.4 Å². The summed E-state index contributed by atoms with van der Waals surface area (Å²) < 4.78 is 0. The van der Waals surface area contributed by atoms with Gasteiger partial charge in [-0.2, -0.15) is 0 Å². The number of nitrogens with one attached hydrogen (secondary N) is 4. The molecule has 0 spiro atoms. The number of amides is 4. The van der Waals surface area contributed by atoms with E-state index in [1.807, 2.05) is 0 Å². The predicted octanol–water partition coefficient (Wildman–Crippen LogP) is 5.11. The van der Waals surface area contributed by atoms with Gasteiger partial charge in [0.05, 0.1) is 12.8 Å². The van der Waals surface area contributed by atoms with Gasteiger partial charge in [0.15, 0.2) is 0 Å². The number of hydrogen-bond donors (Lipinski definition) is 4. The van der Waals surface area contributed by atoms with Crippen LogP contribution < -0.4 is 21.3 Å². The molecule has 4 aromatic rings. The van der Waals surface area contributed by atoms with Crippen LogP contribution in [0, 0.1) is 0 Å². The number of aromatic nitrogens is 4. The fraction of sp³-hybridized carbons (Fsp3) is 0.333. The van der Waals surface area contributed by atoms with E-state index in [9.17, 15) is 19.2 Å². The average Bonchev–Trinajstić information content (AvgIpc) is 3.65. The molecule has 12 nitrogen and oxygen atoms in total. The van der Waals surface area contributed by atoms with Crippen molar-refractivity contribution >= 4 is 67.9 Å². The maximum absolute atomic E-state index is 12.6. The van der Waals surface area contributed by atoms with Gasteiger partial charge in [0.2, 0.25) is 33.9 Å². The SMILES string of the molecule is CC(=O)Nc1ccc(CC(=O)Nc2nnc([C@H]3CCC[C@H](c4nnc(NC(=O)Cc5ccc(NC(C)=O)cc5)s4)C3)s2)cc1. The van der Waals surface area contributed by atoms with E-state index < -0.39 is 0 Å². The molecule has 1 saturated carbocycles. The number of benzene rings is 2. The molecule has 228 valence electrons. The molecular weight excluding hydrogens is 601 g/mol. The largest absolute Gasteiger partial charge is 0.326 e. The van der Waals surface area contributed by atoms with Crippen molar-refractivity contribution in [2.75, 3.05) is 21.3 Å². The summed E-state index contributed by atoms with van der Waals surface area (Å²) in [6.45, 7) is 2.89. The monoisotopic (exact) mass is 632 g/mol. The first kappa shape index (κ1) is 30.9. The second-order valence-electron chi connectivity index (χ2n) is 10.7. The minimum atomic E-state index is -0.188. The number of anilines is 4. The first-order valence-corrected chi connectivity index (χ1v) is 15.8. The van der Waals surface area contributed by atoms with Gasteiger partial charge in [0.1, 0.15) is 10.0 Å². The minimum Gasteiger partial charge on any atom is -0.326 e. The smallest absolute Gasteiger partial charge is 0.230 e. The first-order chi connectivity index (χ1) is 21.2. The molecule has 4 N–H and O–H groups in total. The van der Waals surface area contributed by atoms with E-state index in [2.05, 4.69) is 41.7 Å². The molecule has 0 bridgehead atoms. The molecule has 1 aliphatic rings. The highest BCUT2D eigenvalue weighted by Crippen LogP contribution is 2.43. The summed E-state index contributed by atoms with van der Waals surface area (Å²) in [5, 5.41) is 31.0. The Balaban J connectivity index is 1.11. The van der Waals surface area contributed by atoms with E-state index in [0.29, 0.717) is 21.6 Å². The lowest BCUT2D eigenvalue weighted by atomic mass is 9.82. The average molecular weight is 633 g/mol. The summed E-state index contributed by atoms with van der Waals surface area (Å²) >= 11 is 2.78. The van der Waals surface area contributed by atoms with Crippen LogP contribution in [0.1, 0.15) is 72.5 Å². The standard InChI is InChI=1S/C30H32N8O4S2/c1-17(39)31-23-10-6-19(7-11-23)14-25(41)33-29-37-35-27(43-29)21-4-3-5-22(16-21)28-36-38-30(44-28)34-26(42)15-20-8-12-24(13-9-20)32-18(2)40/h6-13,21-22H,3-5,14-16H2,1-2H3,(H,31,39)(H,32,40)(H,33,37,41)(H,34,38,42)/t21-,22-/m0/s1. The van der Waals surface area contributed by atoms with Crippen LogP contribution in [0.2, 0.25) is 0 Å². The molecule has 4 amide bonds. The van der Waals surface area contributed by atoms with Crippen LogP contribution >= 0.6 is 22.7 Å². The van der Waals surface area contributed by atoms with Crippen LogP contribution in [0.5, 0.6) is 0 Å². The van der Waals surface area contributed by atoms with Crippen molar-refractivity contribution in [3.8, 4) is 0 Å². The predicted molar refractivity (Wildman–Crippen MR) is 170 cm³/mol. The molecule has 2 aromatic carbocycles. The Bertz CT molecular complexity index is 1520. The number of carbonyl (C=O) groups is 4. The van der Waals surface area contributed by atoms with E-state index in [-0.39, 0.29) is 48.3 Å². The Labute approximate surface area is 262 Å². The number of nitrogens with zero attached hydrogens (tertiary/aromatic N) is 4. The van der Waals surface area contributed by atoms with Crippen molar-refractivity contribution in [2.45, 2.75) is 64.2 Å². The van der Waals surface area contributed by atoms with E-state index >= 15 is 0 Å². The Hall–Kier alpha value is -4.56. The lowest BCUT2D eigenvalue weighted by Gasteiger charge is -2.25. The summed E-state index contributed by atoms with van der Waals surface area (Å²) in [6.07, 6.45) is 4.15. The van der Waals surface area contributed by atoms with Crippen molar-refractivity contribution < 1.29 is 19.2 Å². The normalized spacial score (nSPS) is 16.1. The molecule has 2 aromatic heterocycles. The highest BCUT2D eigenvalue weighted by Gasteiger charge is 2.29. The van der Waals surface area contributed by atoms with E-state index in [4.69, 9.17) is 0 Å². The Morgan fingerprint density at radius 1 is 0.636 bits per heavy atom. The number of hydrogen-bond acceptors (Lipinski definition) is 10. The molecule has 0 saturated heterocycles. The van der Waals surface area contributed by atoms with Crippen LogP contribution in [0.15, 0.2) is 48.5 Å². The Morgan fingerprint density at radius 3 is 1.43 bits per heavy atom. The molecular formula is C30H32N8O4S2.